The van der Waals surface area contributed by atoms with E-state index < -0.39 is 17.5 Å². The number of aromatic hydroxyl groups is 1. The van der Waals surface area contributed by atoms with Crippen LogP contribution in [0.25, 0.3) is 32.8 Å². The van der Waals surface area contributed by atoms with Crippen LogP contribution in [-0.4, -0.2) is 83.6 Å². The number of hydrogen-bond acceptors (Lipinski definition) is 9. The highest BCUT2D eigenvalue weighted by molar-refractivity contribution is 6.03. The van der Waals surface area contributed by atoms with Gasteiger partial charge >= 0.3 is 6.01 Å². The van der Waals surface area contributed by atoms with Gasteiger partial charge in [-0.15, -0.1) is 0 Å². The van der Waals surface area contributed by atoms with Crippen LogP contribution in [0.1, 0.15) is 37.7 Å². The zero-order valence-corrected chi connectivity index (χ0v) is 25.6. The second kappa shape index (κ2) is 10.7. The van der Waals surface area contributed by atoms with Crippen LogP contribution in [0.3, 0.4) is 0 Å². The number of halogens is 3. The molecule has 12 heteroatoms. The van der Waals surface area contributed by atoms with Gasteiger partial charge in [-0.3, -0.25) is 4.90 Å². The van der Waals surface area contributed by atoms with Gasteiger partial charge in [0.2, 0.25) is 0 Å². The Morgan fingerprint density at radius 3 is 2.57 bits per heavy atom. The molecule has 3 aromatic carbocycles. The van der Waals surface area contributed by atoms with Crippen LogP contribution in [0, 0.1) is 34.2 Å². The molecule has 4 bridgehead atoms. The molecule has 4 atom stereocenters. The molecular formula is C35H33F3N6O3. The first-order chi connectivity index (χ1) is 22.8. The lowest BCUT2D eigenvalue weighted by molar-refractivity contribution is 0.0176. The minimum Gasteiger partial charge on any atom is -0.508 e. The topological polar surface area (TPSA) is 107 Å². The third-order valence-electron chi connectivity index (χ3n) is 10.8. The smallest absolute Gasteiger partial charge is 0.319 e. The van der Waals surface area contributed by atoms with Crippen molar-refractivity contribution in [1.29, 1.82) is 5.26 Å². The molecule has 1 aliphatic carbocycles. The molecule has 47 heavy (non-hydrogen) atoms. The molecule has 0 radical (unpaired) electrons. The highest BCUT2D eigenvalue weighted by Crippen LogP contribution is 2.48. The van der Waals surface area contributed by atoms with E-state index in [0.29, 0.717) is 43.0 Å². The fraction of sp³-hybridized carbons (Fsp3) is 0.457. The Hall–Kier alpha value is -4.18. The molecule has 5 aliphatic rings. The van der Waals surface area contributed by atoms with E-state index in [0.717, 1.165) is 63.9 Å². The minimum absolute atomic E-state index is 0.0310. The molecule has 2 N–H and O–H groups in total. The SMILES string of the molecule is N#Cc1cc2c(N3CC4CCC(C3)N4)nc(OCC3(CN4C[C@@H]5C[C@H]4CO5)CC3)nc2c(F)c1-c1cc(O)cc2ccc(F)c(F)c12. The van der Waals surface area contributed by atoms with E-state index in [4.69, 9.17) is 14.5 Å². The summed E-state index contributed by atoms with van der Waals surface area (Å²) in [6, 6.07) is 9.22. The van der Waals surface area contributed by atoms with E-state index in [2.05, 4.69) is 20.1 Å². The number of anilines is 1. The summed E-state index contributed by atoms with van der Waals surface area (Å²) in [5, 5.41) is 24.6. The molecule has 1 saturated carbocycles. The predicted molar refractivity (Wildman–Crippen MR) is 168 cm³/mol. The van der Waals surface area contributed by atoms with Crippen molar-refractivity contribution in [1.82, 2.24) is 20.2 Å². The highest BCUT2D eigenvalue weighted by atomic mass is 19.2. The number of phenols is 1. The molecule has 0 amide bonds. The summed E-state index contributed by atoms with van der Waals surface area (Å²) in [5.74, 6) is -3.02. The molecule has 5 fully saturated rings. The lowest BCUT2D eigenvalue weighted by Gasteiger charge is -2.34. The standard InChI is InChI=1S/C35H33F3N6O3/c36-27-4-1-18-7-23(45)10-25(28(18)30(27)37)29-19(11-39)8-26-32(31(29)38)41-34(42-33(26)43-12-20-2-3-21(13-43)40-20)47-17-35(5-6-35)16-44-14-24-9-22(44)15-46-24/h1,4,7-8,10,20-22,24,40,45H,2-3,5-6,9,12-17H2/t20?,21?,22-,24-/m0/s1. The number of ether oxygens (including phenoxy) is 2. The molecule has 242 valence electrons. The minimum atomic E-state index is -1.20. The molecule has 4 saturated heterocycles. The molecule has 9 nitrogen and oxygen atoms in total. The molecule has 1 aromatic heterocycles. The number of nitriles is 1. The average Bonchev–Trinajstić information content (AvgIpc) is 3.32. The number of phenolic OH excluding ortho intramolecular Hbond substituents is 1. The number of morpholine rings is 1. The molecule has 0 spiro atoms. The molecular weight excluding hydrogens is 609 g/mol. The third-order valence-corrected chi connectivity index (χ3v) is 10.8. The maximum atomic E-state index is 17.0. The zero-order chi connectivity index (χ0) is 32.0. The zero-order valence-electron chi connectivity index (χ0n) is 25.6. The first-order valence-corrected chi connectivity index (χ1v) is 16.3. The van der Waals surface area contributed by atoms with Crippen molar-refractivity contribution < 1.29 is 27.8 Å². The summed E-state index contributed by atoms with van der Waals surface area (Å²) in [7, 11) is 0. The summed E-state index contributed by atoms with van der Waals surface area (Å²) in [4.78, 5) is 14.0. The van der Waals surface area contributed by atoms with Gasteiger partial charge in [-0.2, -0.15) is 15.2 Å². The summed E-state index contributed by atoms with van der Waals surface area (Å²) in [5.41, 5.74) is -0.642. The van der Waals surface area contributed by atoms with Gasteiger partial charge in [0.1, 0.15) is 17.1 Å². The van der Waals surface area contributed by atoms with Crippen LogP contribution in [0.5, 0.6) is 11.8 Å². The van der Waals surface area contributed by atoms with Crippen LogP contribution in [0.15, 0.2) is 30.3 Å². The molecule has 9 rings (SSSR count). The van der Waals surface area contributed by atoms with Crippen LogP contribution in [-0.2, 0) is 4.74 Å². The molecule has 2 unspecified atom stereocenters. The summed E-state index contributed by atoms with van der Waals surface area (Å²) >= 11 is 0. The Kier molecular flexibility index (Phi) is 6.58. The Bertz CT molecular complexity index is 1990. The lowest BCUT2D eigenvalue weighted by atomic mass is 9.92. The second-order valence-corrected chi connectivity index (χ2v) is 14.0. The van der Waals surface area contributed by atoms with E-state index in [1.54, 1.807) is 0 Å². The van der Waals surface area contributed by atoms with Crippen LogP contribution in [0.4, 0.5) is 19.0 Å². The second-order valence-electron chi connectivity index (χ2n) is 14.0. The van der Waals surface area contributed by atoms with Gasteiger partial charge in [0, 0.05) is 71.6 Å². The largest absolute Gasteiger partial charge is 0.508 e. The Morgan fingerprint density at radius 1 is 1.06 bits per heavy atom. The van der Waals surface area contributed by atoms with E-state index >= 15 is 8.78 Å². The predicted octanol–water partition coefficient (Wildman–Crippen LogP) is 5.02. The number of benzene rings is 3. The van der Waals surface area contributed by atoms with E-state index in [1.165, 1.54) is 18.2 Å². The third kappa shape index (κ3) is 4.86. The van der Waals surface area contributed by atoms with Crippen molar-refractivity contribution in [2.24, 2.45) is 5.41 Å². The first kappa shape index (κ1) is 29.0. The fourth-order valence-electron chi connectivity index (χ4n) is 8.24. The van der Waals surface area contributed by atoms with Gasteiger partial charge in [0.25, 0.3) is 0 Å². The quantitative estimate of drug-likeness (QED) is 0.288. The number of likely N-dealkylation sites (tertiary alicyclic amines) is 1. The first-order valence-electron chi connectivity index (χ1n) is 16.3. The van der Waals surface area contributed by atoms with Crippen molar-refractivity contribution in [3.63, 3.8) is 0 Å². The number of nitrogens with one attached hydrogen (secondary N) is 1. The fourth-order valence-corrected chi connectivity index (χ4v) is 8.24. The van der Waals surface area contributed by atoms with Crippen molar-refractivity contribution >= 4 is 27.5 Å². The van der Waals surface area contributed by atoms with Crippen LogP contribution < -0.4 is 15.0 Å². The Labute approximate surface area is 268 Å². The number of nitrogens with zero attached hydrogens (tertiary/aromatic N) is 5. The van der Waals surface area contributed by atoms with Crippen molar-refractivity contribution in [3.8, 4) is 29.0 Å². The normalized spacial score (nSPS) is 26.0. The van der Waals surface area contributed by atoms with Gasteiger partial charge in [0.05, 0.1) is 31.0 Å². The van der Waals surface area contributed by atoms with Gasteiger partial charge in [-0.05, 0) is 61.8 Å². The summed E-state index contributed by atoms with van der Waals surface area (Å²) < 4.78 is 58.8. The summed E-state index contributed by atoms with van der Waals surface area (Å²) in [6.07, 6.45) is 5.45. The van der Waals surface area contributed by atoms with Crippen molar-refractivity contribution in [3.05, 3.63) is 53.3 Å². The molecule has 5 heterocycles. The molecule has 4 aromatic rings. The van der Waals surface area contributed by atoms with E-state index in [1.807, 2.05) is 6.07 Å². The Morgan fingerprint density at radius 2 is 1.87 bits per heavy atom. The lowest BCUT2D eigenvalue weighted by Crippen LogP contribution is -2.51. The Balaban J connectivity index is 1.16. The van der Waals surface area contributed by atoms with E-state index in [9.17, 15) is 14.8 Å². The van der Waals surface area contributed by atoms with Gasteiger partial charge < -0.3 is 24.8 Å². The number of piperazine rings is 1. The maximum absolute atomic E-state index is 17.0. The van der Waals surface area contributed by atoms with Crippen LogP contribution in [0.2, 0.25) is 0 Å². The number of rotatable bonds is 7. The van der Waals surface area contributed by atoms with Crippen LogP contribution >= 0.6 is 0 Å². The number of fused-ring (bicyclic) bond motifs is 6. The monoisotopic (exact) mass is 642 g/mol. The van der Waals surface area contributed by atoms with Gasteiger partial charge in [-0.1, -0.05) is 6.07 Å². The van der Waals surface area contributed by atoms with Gasteiger partial charge in [0.15, 0.2) is 17.5 Å². The van der Waals surface area contributed by atoms with E-state index in [-0.39, 0.29) is 62.2 Å². The molecule has 4 aliphatic heterocycles. The van der Waals surface area contributed by atoms with Crippen molar-refractivity contribution in [2.75, 3.05) is 44.3 Å². The summed E-state index contributed by atoms with van der Waals surface area (Å²) in [6.45, 7) is 4.28. The number of aromatic nitrogens is 2. The highest BCUT2D eigenvalue weighted by Gasteiger charge is 2.49. The van der Waals surface area contributed by atoms with Gasteiger partial charge in [-0.25, -0.2) is 13.2 Å². The number of hydrogen-bond donors (Lipinski definition) is 2. The van der Waals surface area contributed by atoms with Crippen molar-refractivity contribution in [2.45, 2.75) is 56.3 Å². The average molecular weight is 643 g/mol. The maximum Gasteiger partial charge on any atom is 0.319 e.